The summed E-state index contributed by atoms with van der Waals surface area (Å²) in [6.45, 7) is 6.39. The second-order valence-corrected chi connectivity index (χ2v) is 9.39. The number of ether oxygens (including phenoxy) is 1. The highest BCUT2D eigenvalue weighted by atomic mass is 32.2. The summed E-state index contributed by atoms with van der Waals surface area (Å²) in [5.74, 6) is -0.323. The van der Waals surface area contributed by atoms with Gasteiger partial charge in [-0.25, -0.2) is 8.42 Å². The van der Waals surface area contributed by atoms with Crippen molar-refractivity contribution in [3.8, 4) is 0 Å². The first kappa shape index (κ1) is 19.8. The molecule has 2 fully saturated rings. The second kappa shape index (κ2) is 7.59. The molecule has 2 aliphatic rings. The maximum atomic E-state index is 12.9. The molecule has 1 heterocycles. The van der Waals surface area contributed by atoms with E-state index < -0.39 is 10.0 Å². The minimum atomic E-state index is -3.59. The molecule has 1 aromatic rings. The molecule has 0 bridgehead atoms. The van der Waals surface area contributed by atoms with Gasteiger partial charge in [0, 0.05) is 26.2 Å². The predicted octanol–water partition coefficient (Wildman–Crippen LogP) is 1.34. The molecule has 3 rings (SSSR count). The molecule has 0 spiro atoms. The molecule has 2 atom stereocenters. The fourth-order valence-corrected chi connectivity index (χ4v) is 5.02. The van der Waals surface area contributed by atoms with E-state index in [2.05, 4.69) is 0 Å². The monoisotopic (exact) mass is 394 g/mol. The van der Waals surface area contributed by atoms with Crippen molar-refractivity contribution in [2.75, 3.05) is 32.8 Å². The number of aryl methyl sites for hydroxylation is 2. The van der Waals surface area contributed by atoms with Crippen LogP contribution in [0, 0.1) is 25.7 Å². The second-order valence-electron chi connectivity index (χ2n) is 7.48. The van der Waals surface area contributed by atoms with Gasteiger partial charge in [0.2, 0.25) is 10.0 Å². The number of carbonyl (C=O) groups excluding carboxylic acids is 2. The molecule has 1 saturated carbocycles. The van der Waals surface area contributed by atoms with Crippen molar-refractivity contribution in [2.24, 2.45) is 11.8 Å². The summed E-state index contributed by atoms with van der Waals surface area (Å²) in [7, 11) is -3.59. The lowest BCUT2D eigenvalue weighted by Gasteiger charge is -2.34. The minimum Gasteiger partial charge on any atom is -0.455 e. The number of hydrogen-bond donors (Lipinski definition) is 0. The summed E-state index contributed by atoms with van der Waals surface area (Å²) in [6, 6.07) is 5.37. The Balaban J connectivity index is 1.55. The van der Waals surface area contributed by atoms with Crippen LogP contribution in [0.2, 0.25) is 0 Å². The van der Waals surface area contributed by atoms with Gasteiger partial charge in [0.15, 0.2) is 6.61 Å². The van der Waals surface area contributed by atoms with E-state index in [1.165, 1.54) is 4.31 Å². The number of amides is 1. The van der Waals surface area contributed by atoms with Crippen LogP contribution in [-0.2, 0) is 24.3 Å². The standard InChI is InChI=1S/C19H26N2O5S/c1-13-4-5-14(2)17(10-13)27(24,25)21-8-6-20(7-9-21)18(22)12-26-19(23)16-11-15(16)3/h4-5,10,15-16H,6-9,11-12H2,1-3H3/t15-,16-/m1/s1. The Bertz CT molecular complexity index is 844. The van der Waals surface area contributed by atoms with Gasteiger partial charge >= 0.3 is 5.97 Å². The van der Waals surface area contributed by atoms with Crippen LogP contribution in [0.15, 0.2) is 23.1 Å². The van der Waals surface area contributed by atoms with E-state index >= 15 is 0 Å². The molecule has 0 unspecified atom stereocenters. The number of carbonyl (C=O) groups is 2. The summed E-state index contributed by atoms with van der Waals surface area (Å²) in [4.78, 5) is 25.8. The molecule has 8 heteroatoms. The van der Waals surface area contributed by atoms with Crippen molar-refractivity contribution in [3.05, 3.63) is 29.3 Å². The van der Waals surface area contributed by atoms with Crippen LogP contribution in [0.25, 0.3) is 0 Å². The average Bonchev–Trinajstić information content (AvgIpc) is 3.38. The summed E-state index contributed by atoms with van der Waals surface area (Å²) in [5, 5.41) is 0. The Kier molecular flexibility index (Phi) is 5.58. The van der Waals surface area contributed by atoms with Crippen molar-refractivity contribution in [3.63, 3.8) is 0 Å². The molecule has 0 aromatic heterocycles. The van der Waals surface area contributed by atoms with Crippen molar-refractivity contribution in [1.82, 2.24) is 9.21 Å². The zero-order chi connectivity index (χ0) is 19.8. The summed E-state index contributed by atoms with van der Waals surface area (Å²) < 4.78 is 32.3. The lowest BCUT2D eigenvalue weighted by atomic mass is 10.2. The minimum absolute atomic E-state index is 0.0719. The molecule has 1 aliphatic carbocycles. The van der Waals surface area contributed by atoms with E-state index in [0.717, 1.165) is 12.0 Å². The lowest BCUT2D eigenvalue weighted by Crippen LogP contribution is -2.51. The van der Waals surface area contributed by atoms with Crippen LogP contribution in [0.4, 0.5) is 0 Å². The number of hydrogen-bond acceptors (Lipinski definition) is 5. The zero-order valence-corrected chi connectivity index (χ0v) is 16.8. The first-order valence-electron chi connectivity index (χ1n) is 9.22. The van der Waals surface area contributed by atoms with E-state index in [0.29, 0.717) is 29.5 Å². The summed E-state index contributed by atoms with van der Waals surface area (Å²) >= 11 is 0. The smallest absolute Gasteiger partial charge is 0.309 e. The Morgan fingerprint density at radius 2 is 1.78 bits per heavy atom. The third-order valence-corrected chi connectivity index (χ3v) is 7.34. The van der Waals surface area contributed by atoms with Gasteiger partial charge in [-0.05, 0) is 43.4 Å². The van der Waals surface area contributed by atoms with E-state index in [-0.39, 0.29) is 37.5 Å². The first-order valence-corrected chi connectivity index (χ1v) is 10.7. The molecule has 1 aliphatic heterocycles. The molecule has 27 heavy (non-hydrogen) atoms. The normalized spacial score (nSPS) is 23.1. The largest absolute Gasteiger partial charge is 0.455 e. The molecule has 7 nitrogen and oxygen atoms in total. The number of sulfonamides is 1. The molecular weight excluding hydrogens is 368 g/mol. The van der Waals surface area contributed by atoms with Gasteiger partial charge in [0.1, 0.15) is 0 Å². The molecule has 0 radical (unpaired) electrons. The van der Waals surface area contributed by atoms with Crippen LogP contribution in [-0.4, -0.2) is 62.3 Å². The van der Waals surface area contributed by atoms with Crippen LogP contribution < -0.4 is 0 Å². The quantitative estimate of drug-likeness (QED) is 0.704. The van der Waals surface area contributed by atoms with E-state index in [1.54, 1.807) is 24.0 Å². The third kappa shape index (κ3) is 4.32. The maximum Gasteiger partial charge on any atom is 0.309 e. The van der Waals surface area contributed by atoms with Gasteiger partial charge in [-0.2, -0.15) is 4.31 Å². The summed E-state index contributed by atoms with van der Waals surface area (Å²) in [6.07, 6.45) is 0.821. The highest BCUT2D eigenvalue weighted by molar-refractivity contribution is 7.89. The Hall–Kier alpha value is -1.93. The van der Waals surface area contributed by atoms with E-state index in [4.69, 9.17) is 4.74 Å². The number of esters is 1. The Labute approximate surface area is 160 Å². The van der Waals surface area contributed by atoms with Gasteiger partial charge in [-0.15, -0.1) is 0 Å². The lowest BCUT2D eigenvalue weighted by molar-refractivity contribution is -0.153. The van der Waals surface area contributed by atoms with Gasteiger partial charge in [0.05, 0.1) is 10.8 Å². The molecule has 148 valence electrons. The van der Waals surface area contributed by atoms with E-state index in [9.17, 15) is 18.0 Å². The number of rotatable bonds is 5. The average molecular weight is 394 g/mol. The Morgan fingerprint density at radius 3 is 2.37 bits per heavy atom. The van der Waals surface area contributed by atoms with Crippen molar-refractivity contribution >= 4 is 21.9 Å². The topological polar surface area (TPSA) is 84.0 Å². The van der Waals surface area contributed by atoms with Crippen molar-refractivity contribution < 1.29 is 22.7 Å². The first-order chi connectivity index (χ1) is 12.7. The van der Waals surface area contributed by atoms with Crippen LogP contribution in [0.1, 0.15) is 24.5 Å². The molecular formula is C19H26N2O5S. The van der Waals surface area contributed by atoms with Crippen LogP contribution >= 0.6 is 0 Å². The number of benzene rings is 1. The van der Waals surface area contributed by atoms with E-state index in [1.807, 2.05) is 19.9 Å². The summed E-state index contributed by atoms with van der Waals surface area (Å²) in [5.41, 5.74) is 1.60. The molecule has 0 N–H and O–H groups in total. The van der Waals surface area contributed by atoms with Crippen molar-refractivity contribution in [1.29, 1.82) is 0 Å². The Morgan fingerprint density at radius 1 is 1.15 bits per heavy atom. The number of nitrogens with zero attached hydrogens (tertiary/aromatic N) is 2. The third-order valence-electron chi connectivity index (χ3n) is 5.30. The zero-order valence-electron chi connectivity index (χ0n) is 16.0. The van der Waals surface area contributed by atoms with Crippen LogP contribution in [0.5, 0.6) is 0 Å². The van der Waals surface area contributed by atoms with Crippen molar-refractivity contribution in [2.45, 2.75) is 32.1 Å². The number of piperazine rings is 1. The predicted molar refractivity (Wildman–Crippen MR) is 99.5 cm³/mol. The van der Waals surface area contributed by atoms with Gasteiger partial charge in [0.25, 0.3) is 5.91 Å². The fourth-order valence-electron chi connectivity index (χ4n) is 3.28. The van der Waals surface area contributed by atoms with Gasteiger partial charge in [-0.3, -0.25) is 9.59 Å². The van der Waals surface area contributed by atoms with Gasteiger partial charge in [-0.1, -0.05) is 19.1 Å². The van der Waals surface area contributed by atoms with Gasteiger partial charge < -0.3 is 9.64 Å². The highest BCUT2D eigenvalue weighted by Crippen LogP contribution is 2.38. The SMILES string of the molecule is Cc1ccc(C)c(S(=O)(=O)N2CCN(C(=O)COC(=O)[C@@H]3C[C@H]3C)CC2)c1. The molecule has 1 aromatic carbocycles. The highest BCUT2D eigenvalue weighted by Gasteiger charge is 2.41. The molecule has 1 amide bonds. The fraction of sp³-hybridized carbons (Fsp3) is 0.579. The maximum absolute atomic E-state index is 12.9. The van der Waals surface area contributed by atoms with Crippen LogP contribution in [0.3, 0.4) is 0 Å². The molecule has 1 saturated heterocycles.